The Morgan fingerprint density at radius 1 is 1.07 bits per heavy atom. The van der Waals surface area contributed by atoms with Gasteiger partial charge in [-0.05, 0) is 56.6 Å². The number of allylic oxidation sites excluding steroid dienone is 1. The number of tetrazole rings is 1. The molecular weight excluding hydrogens is 594 g/mol. The standard InChI is InChI=1S/C32H41N7O7/c40-26(30(43)44)32-18-21(32)13-7-2-1-3-8-16-24(33-31(45)46-23-14-9-10-15-23)29(42)38-19-22(17-25(38)28(41)34-32)39-36-27(35-37-39)20-11-5-4-6-12-20/h4-7,11-13,21-26,40H,1-3,8-10,14-19H2,(H,33,45)(H,34,41)(H,43,44)/b13-7-/t21-,22+,24-,25-,26?,32+/m0/s1. The number of fused-ring (bicyclic) bond motifs is 2. The predicted molar refractivity (Wildman–Crippen MR) is 163 cm³/mol. The van der Waals surface area contributed by atoms with Crippen LogP contribution in [0.2, 0.25) is 0 Å². The number of carboxylic acids is 1. The molecule has 0 radical (unpaired) electrons. The summed E-state index contributed by atoms with van der Waals surface area (Å²) in [5, 5.41) is 38.9. The minimum atomic E-state index is -1.83. The second-order valence-electron chi connectivity index (χ2n) is 12.9. The van der Waals surface area contributed by atoms with Gasteiger partial charge >= 0.3 is 12.1 Å². The molecule has 6 atom stereocenters. The highest BCUT2D eigenvalue weighted by Gasteiger charge is 2.62. The number of hydrogen-bond donors (Lipinski definition) is 4. The van der Waals surface area contributed by atoms with Crippen molar-refractivity contribution in [1.29, 1.82) is 0 Å². The number of carbonyl (C=O) groups is 4. The number of nitrogens with one attached hydrogen (secondary N) is 2. The van der Waals surface area contributed by atoms with Gasteiger partial charge in [0.15, 0.2) is 6.10 Å². The molecule has 1 unspecified atom stereocenters. The zero-order valence-electron chi connectivity index (χ0n) is 25.7. The van der Waals surface area contributed by atoms with Gasteiger partial charge < -0.3 is 30.5 Å². The Hall–Kier alpha value is -4.33. The van der Waals surface area contributed by atoms with Crippen molar-refractivity contribution in [1.82, 2.24) is 35.7 Å². The lowest BCUT2D eigenvalue weighted by Crippen LogP contribution is -2.58. The number of aliphatic carboxylic acids is 1. The molecule has 0 spiro atoms. The average molecular weight is 636 g/mol. The minimum absolute atomic E-state index is 0.0647. The first-order valence-corrected chi connectivity index (χ1v) is 16.3. The largest absolute Gasteiger partial charge is 0.479 e. The van der Waals surface area contributed by atoms with Gasteiger partial charge in [-0.2, -0.15) is 4.80 Å². The van der Waals surface area contributed by atoms with Crippen LogP contribution in [0.15, 0.2) is 42.5 Å². The number of hydrogen-bond acceptors (Lipinski definition) is 9. The van der Waals surface area contributed by atoms with E-state index in [4.69, 9.17) is 4.74 Å². The van der Waals surface area contributed by atoms with E-state index < -0.39 is 53.6 Å². The van der Waals surface area contributed by atoms with Crippen LogP contribution in [0.4, 0.5) is 4.79 Å². The summed E-state index contributed by atoms with van der Waals surface area (Å²) in [6.07, 6.45) is 8.47. The number of alkyl carbamates (subject to hydrolysis) is 1. The van der Waals surface area contributed by atoms with Gasteiger partial charge in [-0.15, -0.1) is 10.2 Å². The molecule has 46 heavy (non-hydrogen) atoms. The fourth-order valence-corrected chi connectivity index (χ4v) is 7.00. The second kappa shape index (κ2) is 13.6. The molecule has 14 heteroatoms. The quantitative estimate of drug-likeness (QED) is 0.343. The van der Waals surface area contributed by atoms with Gasteiger partial charge in [0.05, 0.1) is 11.6 Å². The van der Waals surface area contributed by atoms with Crippen molar-refractivity contribution >= 4 is 23.9 Å². The summed E-state index contributed by atoms with van der Waals surface area (Å²) in [5.41, 5.74) is -0.626. The van der Waals surface area contributed by atoms with Crippen molar-refractivity contribution in [3.63, 3.8) is 0 Å². The molecule has 4 N–H and O–H groups in total. The Kier molecular flexibility index (Phi) is 9.34. The number of aromatic nitrogens is 4. The second-order valence-corrected chi connectivity index (χ2v) is 12.9. The molecule has 2 aliphatic carbocycles. The number of aliphatic hydroxyl groups is 1. The van der Waals surface area contributed by atoms with Gasteiger partial charge in [0.1, 0.15) is 18.2 Å². The third kappa shape index (κ3) is 6.76. The lowest BCUT2D eigenvalue weighted by Gasteiger charge is -2.30. The first kappa shape index (κ1) is 31.6. The van der Waals surface area contributed by atoms with Crippen LogP contribution >= 0.6 is 0 Å². The van der Waals surface area contributed by atoms with Crippen molar-refractivity contribution in [2.24, 2.45) is 5.92 Å². The van der Waals surface area contributed by atoms with E-state index in [0.717, 1.165) is 50.5 Å². The number of rotatable bonds is 6. The monoisotopic (exact) mass is 635 g/mol. The molecule has 1 aromatic carbocycles. The zero-order valence-corrected chi connectivity index (χ0v) is 25.7. The van der Waals surface area contributed by atoms with E-state index in [0.29, 0.717) is 18.7 Å². The Labute approximate surface area is 266 Å². The molecular formula is C32H41N7O7. The molecule has 6 rings (SSSR count). The molecule has 2 saturated carbocycles. The molecule has 4 aliphatic rings. The van der Waals surface area contributed by atoms with E-state index >= 15 is 0 Å². The van der Waals surface area contributed by atoms with Crippen molar-refractivity contribution in [3.05, 3.63) is 42.5 Å². The summed E-state index contributed by atoms with van der Waals surface area (Å²) in [6.45, 7) is 0.0647. The number of ether oxygens (including phenoxy) is 1. The first-order chi connectivity index (χ1) is 22.2. The van der Waals surface area contributed by atoms with Crippen molar-refractivity contribution in [2.45, 2.75) is 107 Å². The van der Waals surface area contributed by atoms with Crippen LogP contribution in [-0.2, 0) is 19.1 Å². The van der Waals surface area contributed by atoms with E-state index in [1.165, 1.54) is 9.70 Å². The van der Waals surface area contributed by atoms with Crippen LogP contribution in [0.1, 0.15) is 76.7 Å². The zero-order chi connectivity index (χ0) is 32.3. The van der Waals surface area contributed by atoms with E-state index in [-0.39, 0.29) is 31.4 Å². The number of nitrogens with zero attached hydrogens (tertiary/aromatic N) is 5. The summed E-state index contributed by atoms with van der Waals surface area (Å²) < 4.78 is 5.61. The van der Waals surface area contributed by atoms with E-state index in [1.54, 1.807) is 0 Å². The molecule has 3 heterocycles. The van der Waals surface area contributed by atoms with Crippen LogP contribution in [0.5, 0.6) is 0 Å². The molecule has 246 valence electrons. The van der Waals surface area contributed by atoms with Crippen molar-refractivity contribution < 1.29 is 34.1 Å². The summed E-state index contributed by atoms with van der Waals surface area (Å²) in [7, 11) is 0. The summed E-state index contributed by atoms with van der Waals surface area (Å²) >= 11 is 0. The highest BCUT2D eigenvalue weighted by Crippen LogP contribution is 2.48. The number of carbonyl (C=O) groups excluding carboxylic acids is 3. The van der Waals surface area contributed by atoms with Gasteiger partial charge in [-0.25, -0.2) is 9.59 Å². The van der Waals surface area contributed by atoms with Crippen LogP contribution in [0, 0.1) is 5.92 Å². The van der Waals surface area contributed by atoms with Crippen LogP contribution in [0.25, 0.3) is 11.4 Å². The highest BCUT2D eigenvalue weighted by molar-refractivity contribution is 5.93. The topological polar surface area (TPSA) is 189 Å². The lowest BCUT2D eigenvalue weighted by molar-refractivity contribution is -0.150. The third-order valence-corrected chi connectivity index (χ3v) is 9.69. The molecule has 3 fully saturated rings. The van der Waals surface area contributed by atoms with E-state index in [2.05, 4.69) is 26.0 Å². The molecule has 1 saturated heterocycles. The predicted octanol–water partition coefficient (Wildman–Crippen LogP) is 2.36. The fraction of sp³-hybridized carbons (Fsp3) is 0.594. The van der Waals surface area contributed by atoms with E-state index in [9.17, 15) is 29.4 Å². The maximum Gasteiger partial charge on any atom is 0.408 e. The molecule has 1 aromatic heterocycles. The number of aliphatic hydroxyl groups excluding tert-OH is 1. The smallest absolute Gasteiger partial charge is 0.408 e. The molecule has 2 aliphatic heterocycles. The van der Waals surface area contributed by atoms with Gasteiger partial charge in [-0.1, -0.05) is 55.3 Å². The number of benzene rings is 1. The molecule has 14 nitrogen and oxygen atoms in total. The maximum absolute atomic E-state index is 14.3. The first-order valence-electron chi connectivity index (χ1n) is 16.3. The molecule has 2 aromatic rings. The average Bonchev–Trinajstić information content (AvgIpc) is 3.53. The molecule has 3 amide bonds. The SMILES string of the molecule is O=C(N[C@H]1CCCCC/C=C\[C@H]2C[C@@]2(C(O)C(=O)O)NC(=O)[C@@H]2C[C@@H](n3nnc(-c4ccccc4)n3)CN2C1=O)OC1CCCC1. The maximum atomic E-state index is 14.3. The lowest BCUT2D eigenvalue weighted by atomic mass is 10.0. The van der Waals surface area contributed by atoms with E-state index in [1.807, 2.05) is 42.5 Å². The van der Waals surface area contributed by atoms with Crippen molar-refractivity contribution in [2.75, 3.05) is 6.54 Å². The Morgan fingerprint density at radius 2 is 1.83 bits per heavy atom. The van der Waals surface area contributed by atoms with Crippen LogP contribution in [-0.4, -0.2) is 95.6 Å². The van der Waals surface area contributed by atoms with Gasteiger partial charge in [0.25, 0.3) is 0 Å². The van der Waals surface area contributed by atoms with Crippen LogP contribution in [0.3, 0.4) is 0 Å². The Bertz CT molecular complexity index is 1460. The Morgan fingerprint density at radius 3 is 2.59 bits per heavy atom. The fourth-order valence-electron chi connectivity index (χ4n) is 7.00. The van der Waals surface area contributed by atoms with Gasteiger partial charge in [0.2, 0.25) is 17.6 Å². The normalized spacial score (nSPS) is 30.2. The van der Waals surface area contributed by atoms with Gasteiger partial charge in [0, 0.05) is 24.4 Å². The third-order valence-electron chi connectivity index (χ3n) is 9.69. The highest BCUT2D eigenvalue weighted by atomic mass is 16.6. The summed E-state index contributed by atoms with van der Waals surface area (Å²) in [4.78, 5) is 55.9. The summed E-state index contributed by atoms with van der Waals surface area (Å²) in [5.74, 6) is -2.43. The van der Waals surface area contributed by atoms with Gasteiger partial charge in [-0.3, -0.25) is 9.59 Å². The number of carboxylic acid groups (broad SMARTS) is 1. The molecule has 0 bridgehead atoms. The summed E-state index contributed by atoms with van der Waals surface area (Å²) in [6, 6.07) is 6.81. The van der Waals surface area contributed by atoms with Crippen molar-refractivity contribution in [3.8, 4) is 11.4 Å². The van der Waals surface area contributed by atoms with Crippen LogP contribution < -0.4 is 10.6 Å². The Balaban J connectivity index is 1.28. The number of amides is 3. The minimum Gasteiger partial charge on any atom is -0.479 e.